The molecule has 3 unspecified atom stereocenters. The van der Waals surface area contributed by atoms with Crippen LogP contribution in [0, 0.1) is 11.3 Å². The molecule has 1 amide bonds. The second-order valence-corrected chi connectivity index (χ2v) is 12.1. The third-order valence-electron chi connectivity index (χ3n) is 7.22. The molecule has 1 aromatic carbocycles. The van der Waals surface area contributed by atoms with Crippen molar-refractivity contribution in [2.45, 2.75) is 64.1 Å². The topological polar surface area (TPSA) is 56.7 Å². The summed E-state index contributed by atoms with van der Waals surface area (Å²) in [6.45, 7) is 8.44. The van der Waals surface area contributed by atoms with Gasteiger partial charge in [-0.1, -0.05) is 36.7 Å². The van der Waals surface area contributed by atoms with Crippen LogP contribution in [0.5, 0.6) is 0 Å². The van der Waals surface area contributed by atoms with Crippen molar-refractivity contribution in [2.75, 3.05) is 13.1 Å². The van der Waals surface area contributed by atoms with Gasteiger partial charge < -0.3 is 10.0 Å². The summed E-state index contributed by atoms with van der Waals surface area (Å²) in [7, 11) is 0. The van der Waals surface area contributed by atoms with Crippen LogP contribution in [0.3, 0.4) is 0 Å². The van der Waals surface area contributed by atoms with E-state index in [1.54, 1.807) is 4.90 Å². The predicted octanol–water partition coefficient (Wildman–Crippen LogP) is 5.40. The summed E-state index contributed by atoms with van der Waals surface area (Å²) in [4.78, 5) is 21.2. The van der Waals surface area contributed by atoms with Crippen molar-refractivity contribution in [3.63, 3.8) is 0 Å². The second kappa shape index (κ2) is 6.92. The van der Waals surface area contributed by atoms with Crippen LogP contribution >= 0.6 is 27.3 Å². The van der Waals surface area contributed by atoms with Gasteiger partial charge in [0.1, 0.15) is 0 Å². The number of carbonyl (C=O) groups is 1. The molecule has 1 aromatic heterocycles. The maximum absolute atomic E-state index is 12.0. The van der Waals surface area contributed by atoms with E-state index < -0.39 is 6.09 Å². The minimum Gasteiger partial charge on any atom is -0.465 e. The molecular weight excluding hydrogens is 450 g/mol. The molecule has 2 aliphatic heterocycles. The third kappa shape index (κ3) is 3.39. The first-order valence-electron chi connectivity index (χ1n) is 10.5. The first-order valence-corrected chi connectivity index (χ1v) is 12.1. The molecule has 5 rings (SSSR count). The number of rotatable bonds is 2. The van der Waals surface area contributed by atoms with E-state index in [4.69, 9.17) is 4.98 Å². The highest BCUT2D eigenvalue weighted by Gasteiger charge is 2.53. The Bertz CT molecular complexity index is 949. The lowest BCUT2D eigenvalue weighted by Gasteiger charge is -2.42. The molecule has 3 atom stereocenters. The molecule has 29 heavy (non-hydrogen) atoms. The first kappa shape index (κ1) is 19.8. The molecule has 156 valence electrons. The molecule has 3 fully saturated rings. The van der Waals surface area contributed by atoms with Crippen LogP contribution in [0.25, 0.3) is 10.2 Å². The third-order valence-corrected chi connectivity index (χ3v) is 8.89. The lowest BCUT2D eigenvalue weighted by atomic mass is 9.79. The van der Waals surface area contributed by atoms with Crippen LogP contribution in [0.1, 0.15) is 51.0 Å². The van der Waals surface area contributed by atoms with Gasteiger partial charge in [0.05, 0.1) is 21.3 Å². The van der Waals surface area contributed by atoms with Gasteiger partial charge in [0.25, 0.3) is 0 Å². The Labute approximate surface area is 184 Å². The number of hydrogen-bond donors (Lipinski definition) is 1. The van der Waals surface area contributed by atoms with Gasteiger partial charge in [0.2, 0.25) is 0 Å². The van der Waals surface area contributed by atoms with Crippen LogP contribution in [-0.2, 0) is 0 Å². The van der Waals surface area contributed by atoms with Crippen molar-refractivity contribution in [1.82, 2.24) is 14.8 Å². The summed E-state index contributed by atoms with van der Waals surface area (Å²) in [5.41, 5.74) is 1.09. The van der Waals surface area contributed by atoms with E-state index in [9.17, 15) is 9.90 Å². The first-order chi connectivity index (χ1) is 13.7. The fourth-order valence-corrected chi connectivity index (χ4v) is 7.23. The highest BCUT2D eigenvalue weighted by atomic mass is 79.9. The molecule has 1 aliphatic carbocycles. The number of hydrogen-bond acceptors (Lipinski definition) is 4. The van der Waals surface area contributed by atoms with E-state index in [0.29, 0.717) is 17.9 Å². The SMILES string of the molecule is CC(C)(C)C1CC2CN([C@H]3C[C@H](c4nc5ccc(Br)cc5s4)C3)CC2N1C(=O)O. The number of amides is 1. The monoisotopic (exact) mass is 477 g/mol. The average molecular weight is 478 g/mol. The Kier molecular flexibility index (Phi) is 4.72. The van der Waals surface area contributed by atoms with E-state index >= 15 is 0 Å². The molecule has 0 bridgehead atoms. The molecule has 2 saturated heterocycles. The zero-order chi connectivity index (χ0) is 20.5. The molecule has 3 heterocycles. The van der Waals surface area contributed by atoms with E-state index in [0.717, 1.165) is 42.3 Å². The molecule has 3 aliphatic rings. The second-order valence-electron chi connectivity index (χ2n) is 10.1. The number of likely N-dealkylation sites (tertiary alicyclic amines) is 2. The summed E-state index contributed by atoms with van der Waals surface area (Å²) in [5.74, 6) is 1.03. The number of aromatic nitrogens is 1. The summed E-state index contributed by atoms with van der Waals surface area (Å²) >= 11 is 5.36. The Morgan fingerprint density at radius 1 is 1.24 bits per heavy atom. The van der Waals surface area contributed by atoms with E-state index in [1.807, 2.05) is 11.3 Å². The Morgan fingerprint density at radius 2 is 2.00 bits per heavy atom. The molecule has 5 nitrogen and oxygen atoms in total. The Morgan fingerprint density at radius 3 is 2.69 bits per heavy atom. The van der Waals surface area contributed by atoms with E-state index in [-0.39, 0.29) is 17.5 Å². The zero-order valence-electron chi connectivity index (χ0n) is 17.1. The van der Waals surface area contributed by atoms with Crippen molar-refractivity contribution >= 4 is 43.6 Å². The van der Waals surface area contributed by atoms with Gasteiger partial charge in [-0.2, -0.15) is 0 Å². The van der Waals surface area contributed by atoms with E-state index in [1.165, 1.54) is 9.71 Å². The van der Waals surface area contributed by atoms with Crippen molar-refractivity contribution < 1.29 is 9.90 Å². The van der Waals surface area contributed by atoms with Gasteiger partial charge >= 0.3 is 6.09 Å². The van der Waals surface area contributed by atoms with Gasteiger partial charge in [-0.05, 0) is 48.8 Å². The zero-order valence-corrected chi connectivity index (χ0v) is 19.5. The summed E-state index contributed by atoms with van der Waals surface area (Å²) in [5, 5.41) is 11.1. The molecule has 0 spiro atoms. The summed E-state index contributed by atoms with van der Waals surface area (Å²) in [6, 6.07) is 7.17. The van der Waals surface area contributed by atoms with Crippen LogP contribution in [0.2, 0.25) is 0 Å². The summed E-state index contributed by atoms with van der Waals surface area (Å²) < 4.78 is 2.35. The van der Waals surface area contributed by atoms with Gasteiger partial charge in [-0.15, -0.1) is 11.3 Å². The van der Waals surface area contributed by atoms with Crippen LogP contribution in [0.4, 0.5) is 4.79 Å². The van der Waals surface area contributed by atoms with Crippen molar-refractivity contribution in [3.05, 3.63) is 27.7 Å². The molecule has 7 heteroatoms. The van der Waals surface area contributed by atoms with Crippen molar-refractivity contribution in [1.29, 1.82) is 0 Å². The molecular formula is C22H28BrN3O2S. The van der Waals surface area contributed by atoms with Crippen LogP contribution < -0.4 is 0 Å². The predicted molar refractivity (Wildman–Crippen MR) is 120 cm³/mol. The van der Waals surface area contributed by atoms with E-state index in [2.05, 4.69) is 59.8 Å². The lowest BCUT2D eigenvalue weighted by Crippen LogP contribution is -2.50. The van der Waals surface area contributed by atoms with Gasteiger partial charge in [-0.3, -0.25) is 4.90 Å². The number of nitrogens with zero attached hydrogens (tertiary/aromatic N) is 3. The maximum atomic E-state index is 12.0. The minimum absolute atomic E-state index is 0.00301. The number of benzene rings is 1. The lowest BCUT2D eigenvalue weighted by molar-refractivity contribution is 0.0691. The largest absolute Gasteiger partial charge is 0.465 e. The molecule has 1 N–H and O–H groups in total. The van der Waals surface area contributed by atoms with Crippen molar-refractivity contribution in [2.24, 2.45) is 11.3 Å². The van der Waals surface area contributed by atoms with Crippen molar-refractivity contribution in [3.8, 4) is 0 Å². The fourth-order valence-electron chi connectivity index (χ4n) is 5.59. The maximum Gasteiger partial charge on any atom is 0.407 e. The van der Waals surface area contributed by atoms with Crippen LogP contribution in [-0.4, -0.2) is 57.2 Å². The normalized spacial score (nSPS) is 32.6. The number of thiazole rings is 1. The minimum atomic E-state index is -0.744. The van der Waals surface area contributed by atoms with Gasteiger partial charge in [-0.25, -0.2) is 9.78 Å². The fraction of sp³-hybridized carbons (Fsp3) is 0.636. The summed E-state index contributed by atoms with van der Waals surface area (Å²) in [6.07, 6.45) is 2.55. The molecule has 0 radical (unpaired) electrons. The quantitative estimate of drug-likeness (QED) is 0.628. The average Bonchev–Trinajstić information content (AvgIpc) is 3.23. The Balaban J connectivity index is 1.24. The molecule has 1 saturated carbocycles. The van der Waals surface area contributed by atoms with Crippen LogP contribution in [0.15, 0.2) is 22.7 Å². The standard InChI is InChI=1S/C22H28BrN3O2S/c1-22(2,3)19-8-13-10-25(11-17(13)26(19)21(27)28)15-6-12(7-15)20-24-16-5-4-14(23)9-18(16)29-20/h4-5,9,12-13,15,17,19H,6-8,10-11H2,1-3H3,(H,27,28)/t12-,13?,15-,17?,19?. The highest BCUT2D eigenvalue weighted by Crippen LogP contribution is 2.48. The number of fused-ring (bicyclic) bond motifs is 2. The Hall–Kier alpha value is -1.18. The smallest absolute Gasteiger partial charge is 0.407 e. The van der Waals surface area contributed by atoms with Gasteiger partial charge in [0, 0.05) is 35.6 Å². The number of halogens is 1. The highest BCUT2D eigenvalue weighted by molar-refractivity contribution is 9.10. The molecule has 2 aromatic rings. The number of carboxylic acid groups (broad SMARTS) is 1. The van der Waals surface area contributed by atoms with Gasteiger partial charge in [0.15, 0.2) is 0 Å².